The number of nitrogens with one attached hydrogen (secondary N) is 1. The SMILES string of the molecule is CC1=CCN(CC2CCCCN2)CC1. The van der Waals surface area contributed by atoms with Gasteiger partial charge in [0, 0.05) is 25.7 Å². The predicted octanol–water partition coefficient (Wildman–Crippen LogP) is 1.78. The molecule has 0 aromatic carbocycles. The van der Waals surface area contributed by atoms with Gasteiger partial charge in [-0.25, -0.2) is 0 Å². The van der Waals surface area contributed by atoms with Crippen LogP contribution >= 0.6 is 0 Å². The van der Waals surface area contributed by atoms with Crippen molar-refractivity contribution in [1.29, 1.82) is 0 Å². The minimum Gasteiger partial charge on any atom is -0.313 e. The van der Waals surface area contributed by atoms with Gasteiger partial charge >= 0.3 is 0 Å². The first-order valence-corrected chi connectivity index (χ1v) is 5.96. The molecule has 1 unspecified atom stereocenters. The van der Waals surface area contributed by atoms with Crippen LogP contribution in [0.4, 0.5) is 0 Å². The van der Waals surface area contributed by atoms with Crippen molar-refractivity contribution in [2.75, 3.05) is 26.2 Å². The monoisotopic (exact) mass is 194 g/mol. The summed E-state index contributed by atoms with van der Waals surface area (Å²) in [5.74, 6) is 0. The molecule has 2 rings (SSSR count). The number of nitrogens with zero attached hydrogens (tertiary/aromatic N) is 1. The van der Waals surface area contributed by atoms with Gasteiger partial charge in [-0.1, -0.05) is 18.1 Å². The average Bonchev–Trinajstić information content (AvgIpc) is 2.23. The maximum absolute atomic E-state index is 3.62. The van der Waals surface area contributed by atoms with E-state index in [1.165, 1.54) is 51.9 Å². The highest BCUT2D eigenvalue weighted by Gasteiger charge is 2.17. The Hall–Kier alpha value is -0.340. The fourth-order valence-electron chi connectivity index (χ4n) is 2.37. The van der Waals surface area contributed by atoms with Crippen molar-refractivity contribution in [2.24, 2.45) is 0 Å². The van der Waals surface area contributed by atoms with Crippen molar-refractivity contribution < 1.29 is 0 Å². The topological polar surface area (TPSA) is 15.3 Å². The first-order chi connectivity index (χ1) is 6.84. The summed E-state index contributed by atoms with van der Waals surface area (Å²) in [6, 6.07) is 0.760. The van der Waals surface area contributed by atoms with E-state index in [4.69, 9.17) is 0 Å². The zero-order chi connectivity index (χ0) is 9.80. The minimum atomic E-state index is 0.760. The zero-order valence-electron chi connectivity index (χ0n) is 9.26. The van der Waals surface area contributed by atoms with Crippen LogP contribution in [0.15, 0.2) is 11.6 Å². The van der Waals surface area contributed by atoms with Crippen LogP contribution in [0, 0.1) is 0 Å². The lowest BCUT2D eigenvalue weighted by molar-refractivity contribution is 0.237. The van der Waals surface area contributed by atoms with Gasteiger partial charge in [-0.2, -0.15) is 0 Å². The molecule has 2 heteroatoms. The van der Waals surface area contributed by atoms with Crippen molar-refractivity contribution in [2.45, 2.75) is 38.6 Å². The summed E-state index contributed by atoms with van der Waals surface area (Å²) in [4.78, 5) is 2.58. The lowest BCUT2D eigenvalue weighted by Crippen LogP contribution is -2.44. The molecule has 14 heavy (non-hydrogen) atoms. The molecule has 2 aliphatic heterocycles. The van der Waals surface area contributed by atoms with Crippen molar-refractivity contribution in [3.63, 3.8) is 0 Å². The fourth-order valence-corrected chi connectivity index (χ4v) is 2.37. The Morgan fingerprint density at radius 3 is 3.07 bits per heavy atom. The molecule has 1 atom stereocenters. The second-order valence-corrected chi connectivity index (χ2v) is 4.71. The summed E-state index contributed by atoms with van der Waals surface area (Å²) in [6.45, 7) is 7.16. The van der Waals surface area contributed by atoms with Crippen LogP contribution < -0.4 is 5.32 Å². The average molecular weight is 194 g/mol. The molecule has 1 saturated heterocycles. The normalized spacial score (nSPS) is 30.1. The van der Waals surface area contributed by atoms with E-state index >= 15 is 0 Å². The number of hydrogen-bond donors (Lipinski definition) is 1. The fraction of sp³-hybridized carbons (Fsp3) is 0.833. The first kappa shape index (κ1) is 10.2. The highest BCUT2D eigenvalue weighted by molar-refractivity contribution is 5.04. The molecule has 0 saturated carbocycles. The zero-order valence-corrected chi connectivity index (χ0v) is 9.26. The third kappa shape index (κ3) is 2.82. The summed E-state index contributed by atoms with van der Waals surface area (Å²) < 4.78 is 0. The number of piperidine rings is 1. The Kier molecular flexibility index (Phi) is 3.60. The van der Waals surface area contributed by atoms with Gasteiger partial charge in [0.25, 0.3) is 0 Å². The van der Waals surface area contributed by atoms with E-state index in [2.05, 4.69) is 23.2 Å². The summed E-state index contributed by atoms with van der Waals surface area (Å²) in [7, 11) is 0. The van der Waals surface area contributed by atoms with Crippen LogP contribution in [0.2, 0.25) is 0 Å². The van der Waals surface area contributed by atoms with Gasteiger partial charge in [-0.3, -0.25) is 4.90 Å². The third-order valence-electron chi connectivity index (χ3n) is 3.41. The molecule has 0 aromatic rings. The van der Waals surface area contributed by atoms with E-state index in [0.29, 0.717) is 0 Å². The largest absolute Gasteiger partial charge is 0.313 e. The molecule has 0 aromatic heterocycles. The molecule has 1 N–H and O–H groups in total. The van der Waals surface area contributed by atoms with Gasteiger partial charge in [0.1, 0.15) is 0 Å². The Bertz CT molecular complexity index is 204. The minimum absolute atomic E-state index is 0.760. The molecular weight excluding hydrogens is 172 g/mol. The summed E-state index contributed by atoms with van der Waals surface area (Å²) in [6.07, 6.45) is 7.81. The molecule has 0 aliphatic carbocycles. The Morgan fingerprint density at radius 2 is 2.43 bits per heavy atom. The molecule has 2 heterocycles. The lowest BCUT2D eigenvalue weighted by Gasteiger charge is -2.31. The predicted molar refractivity (Wildman–Crippen MR) is 60.5 cm³/mol. The molecular formula is C12H22N2. The van der Waals surface area contributed by atoms with Crippen LogP contribution in [0.5, 0.6) is 0 Å². The van der Waals surface area contributed by atoms with Crippen molar-refractivity contribution in [3.05, 3.63) is 11.6 Å². The van der Waals surface area contributed by atoms with Crippen molar-refractivity contribution in [1.82, 2.24) is 10.2 Å². The standard InChI is InChI=1S/C12H22N2/c1-11-5-8-14(9-6-11)10-12-4-2-3-7-13-12/h5,12-13H,2-4,6-10H2,1H3. The maximum atomic E-state index is 3.62. The van der Waals surface area contributed by atoms with E-state index in [9.17, 15) is 0 Å². The Morgan fingerprint density at radius 1 is 1.50 bits per heavy atom. The summed E-state index contributed by atoms with van der Waals surface area (Å²) in [5, 5.41) is 3.62. The molecule has 0 bridgehead atoms. The van der Waals surface area contributed by atoms with Gasteiger partial charge < -0.3 is 5.32 Å². The van der Waals surface area contributed by atoms with Gasteiger partial charge in [0.15, 0.2) is 0 Å². The van der Waals surface area contributed by atoms with E-state index in [-0.39, 0.29) is 0 Å². The van der Waals surface area contributed by atoms with Crippen molar-refractivity contribution >= 4 is 0 Å². The van der Waals surface area contributed by atoms with Crippen LogP contribution in [-0.2, 0) is 0 Å². The lowest BCUT2D eigenvalue weighted by atomic mass is 10.0. The molecule has 0 spiro atoms. The van der Waals surface area contributed by atoms with E-state index in [0.717, 1.165) is 6.04 Å². The van der Waals surface area contributed by atoms with Crippen LogP contribution in [0.25, 0.3) is 0 Å². The van der Waals surface area contributed by atoms with E-state index in [1.807, 2.05) is 0 Å². The van der Waals surface area contributed by atoms with E-state index < -0.39 is 0 Å². The van der Waals surface area contributed by atoms with Gasteiger partial charge in [0.05, 0.1) is 0 Å². The molecule has 1 fully saturated rings. The number of rotatable bonds is 2. The quantitative estimate of drug-likeness (QED) is 0.674. The van der Waals surface area contributed by atoms with E-state index in [1.54, 1.807) is 5.57 Å². The van der Waals surface area contributed by atoms with Crippen LogP contribution in [-0.4, -0.2) is 37.1 Å². The van der Waals surface area contributed by atoms with Crippen LogP contribution in [0.1, 0.15) is 32.6 Å². The van der Waals surface area contributed by atoms with Gasteiger partial charge in [-0.15, -0.1) is 0 Å². The maximum Gasteiger partial charge on any atom is 0.0195 e. The molecule has 0 amide bonds. The third-order valence-corrected chi connectivity index (χ3v) is 3.41. The molecule has 80 valence electrons. The Balaban J connectivity index is 1.74. The Labute approximate surface area is 87.4 Å². The second-order valence-electron chi connectivity index (χ2n) is 4.71. The first-order valence-electron chi connectivity index (χ1n) is 5.96. The smallest absolute Gasteiger partial charge is 0.0195 e. The summed E-state index contributed by atoms with van der Waals surface area (Å²) in [5.41, 5.74) is 1.57. The highest BCUT2D eigenvalue weighted by atomic mass is 15.1. The molecule has 0 radical (unpaired) electrons. The molecule has 2 aliphatic rings. The van der Waals surface area contributed by atoms with Crippen molar-refractivity contribution in [3.8, 4) is 0 Å². The number of hydrogen-bond acceptors (Lipinski definition) is 2. The highest BCUT2D eigenvalue weighted by Crippen LogP contribution is 2.13. The summed E-state index contributed by atoms with van der Waals surface area (Å²) >= 11 is 0. The van der Waals surface area contributed by atoms with Crippen LogP contribution in [0.3, 0.4) is 0 Å². The van der Waals surface area contributed by atoms with Gasteiger partial charge in [0.2, 0.25) is 0 Å². The second kappa shape index (κ2) is 4.94. The molecule has 2 nitrogen and oxygen atoms in total. The van der Waals surface area contributed by atoms with Gasteiger partial charge in [-0.05, 0) is 32.7 Å².